The van der Waals surface area contributed by atoms with Crippen LogP contribution in [0.15, 0.2) is 48.5 Å². The Bertz CT molecular complexity index is 576. The van der Waals surface area contributed by atoms with Gasteiger partial charge in [0.15, 0.2) is 0 Å². The number of alkyl halides is 6. The summed E-state index contributed by atoms with van der Waals surface area (Å²) in [5, 5.41) is 0. The summed E-state index contributed by atoms with van der Waals surface area (Å²) in [6, 6.07) is 13.4. The van der Waals surface area contributed by atoms with Crippen molar-refractivity contribution in [3.8, 4) is 11.1 Å². The standard InChI is InChI=1S/C18H16F6/c19-17(20,21)11-9-13-1-5-15(6-2-13)16-7-3-14(4-8-16)10-12-18(22,23)24/h1-8H,9-12H2. The SMILES string of the molecule is FC(F)(F)CCc1ccc(-c2ccc(CCC(F)(F)F)cc2)cc1. The Morgan fingerprint density at radius 1 is 0.500 bits per heavy atom. The molecule has 24 heavy (non-hydrogen) atoms. The molecule has 0 atom stereocenters. The Labute approximate surface area is 136 Å². The average molecular weight is 346 g/mol. The van der Waals surface area contributed by atoms with Crippen molar-refractivity contribution in [1.82, 2.24) is 0 Å². The number of benzene rings is 2. The summed E-state index contributed by atoms with van der Waals surface area (Å²) in [6.07, 6.45) is -10.2. The average Bonchev–Trinajstić information content (AvgIpc) is 2.51. The molecule has 0 spiro atoms. The number of aryl methyl sites for hydroxylation is 2. The summed E-state index contributed by atoms with van der Waals surface area (Å²) in [5.41, 5.74) is 2.82. The quantitative estimate of drug-likeness (QED) is 0.554. The van der Waals surface area contributed by atoms with Gasteiger partial charge in [-0.15, -0.1) is 0 Å². The van der Waals surface area contributed by atoms with Gasteiger partial charge < -0.3 is 0 Å². The first-order valence-corrected chi connectivity index (χ1v) is 7.44. The van der Waals surface area contributed by atoms with Crippen LogP contribution in [0.25, 0.3) is 11.1 Å². The van der Waals surface area contributed by atoms with Gasteiger partial charge in [-0.3, -0.25) is 0 Å². The van der Waals surface area contributed by atoms with Gasteiger partial charge in [-0.1, -0.05) is 48.5 Å². The number of rotatable bonds is 5. The van der Waals surface area contributed by atoms with Gasteiger partial charge in [-0.25, -0.2) is 0 Å². The Morgan fingerprint density at radius 3 is 1.04 bits per heavy atom. The second-order valence-corrected chi connectivity index (χ2v) is 5.62. The van der Waals surface area contributed by atoms with E-state index in [1.165, 1.54) is 0 Å². The third kappa shape index (κ3) is 6.26. The van der Waals surface area contributed by atoms with E-state index in [2.05, 4.69) is 0 Å². The largest absolute Gasteiger partial charge is 0.389 e. The minimum atomic E-state index is -4.18. The van der Waals surface area contributed by atoms with E-state index in [1.807, 2.05) is 0 Å². The molecule has 0 aliphatic carbocycles. The highest BCUT2D eigenvalue weighted by Crippen LogP contribution is 2.26. The fraction of sp³-hybridized carbons (Fsp3) is 0.333. The number of hydrogen-bond acceptors (Lipinski definition) is 0. The summed E-state index contributed by atoms with van der Waals surface area (Å²) in [4.78, 5) is 0. The van der Waals surface area contributed by atoms with E-state index < -0.39 is 25.2 Å². The molecule has 0 heterocycles. The Kier molecular flexibility index (Phi) is 5.57. The Morgan fingerprint density at radius 2 is 0.792 bits per heavy atom. The fourth-order valence-electron chi connectivity index (χ4n) is 2.30. The second-order valence-electron chi connectivity index (χ2n) is 5.62. The summed E-state index contributed by atoms with van der Waals surface area (Å²) >= 11 is 0. The molecule has 0 nitrogen and oxygen atoms in total. The monoisotopic (exact) mass is 346 g/mol. The molecule has 0 aliphatic heterocycles. The predicted molar refractivity (Wildman–Crippen MR) is 80.6 cm³/mol. The molecule has 0 aromatic heterocycles. The molecule has 0 unspecified atom stereocenters. The van der Waals surface area contributed by atoms with Crippen LogP contribution < -0.4 is 0 Å². The molecular weight excluding hydrogens is 330 g/mol. The van der Waals surface area contributed by atoms with Crippen molar-refractivity contribution in [2.75, 3.05) is 0 Å². The lowest BCUT2D eigenvalue weighted by Crippen LogP contribution is -2.08. The molecule has 6 heteroatoms. The third-order valence-corrected chi connectivity index (χ3v) is 3.64. The molecular formula is C18H16F6. The van der Waals surface area contributed by atoms with Gasteiger partial charge in [0.1, 0.15) is 0 Å². The molecule has 2 aromatic rings. The maximum atomic E-state index is 12.2. The lowest BCUT2D eigenvalue weighted by atomic mass is 10.00. The van der Waals surface area contributed by atoms with Crippen molar-refractivity contribution in [2.45, 2.75) is 38.0 Å². The van der Waals surface area contributed by atoms with Crippen LogP contribution in [0.4, 0.5) is 26.3 Å². The Balaban J connectivity index is 1.99. The smallest absolute Gasteiger partial charge is 0.171 e. The van der Waals surface area contributed by atoms with Crippen LogP contribution in [0.1, 0.15) is 24.0 Å². The molecule has 130 valence electrons. The molecule has 0 fully saturated rings. The van der Waals surface area contributed by atoms with Crippen LogP contribution in [0.5, 0.6) is 0 Å². The topological polar surface area (TPSA) is 0 Å². The summed E-state index contributed by atoms with van der Waals surface area (Å²) in [6.45, 7) is 0. The molecule has 2 rings (SSSR count). The van der Waals surface area contributed by atoms with Crippen molar-refractivity contribution >= 4 is 0 Å². The highest BCUT2D eigenvalue weighted by atomic mass is 19.4. The van der Waals surface area contributed by atoms with Gasteiger partial charge in [-0.2, -0.15) is 26.3 Å². The van der Waals surface area contributed by atoms with E-state index in [-0.39, 0.29) is 12.8 Å². The summed E-state index contributed by atoms with van der Waals surface area (Å²) in [7, 11) is 0. The van der Waals surface area contributed by atoms with Crippen LogP contribution in [0.3, 0.4) is 0 Å². The first-order chi connectivity index (χ1) is 11.1. The zero-order valence-corrected chi connectivity index (χ0v) is 12.7. The zero-order chi connectivity index (χ0) is 17.8. The van der Waals surface area contributed by atoms with Gasteiger partial charge in [0.25, 0.3) is 0 Å². The summed E-state index contributed by atoms with van der Waals surface area (Å²) < 4.78 is 73.1. The van der Waals surface area contributed by atoms with E-state index in [0.29, 0.717) is 11.1 Å². The molecule has 0 bridgehead atoms. The predicted octanol–water partition coefficient (Wildman–Crippen LogP) is 6.34. The maximum absolute atomic E-state index is 12.2. The van der Waals surface area contributed by atoms with Crippen LogP contribution in [-0.4, -0.2) is 12.4 Å². The van der Waals surface area contributed by atoms with Gasteiger partial charge in [0, 0.05) is 12.8 Å². The minimum absolute atomic E-state index is 0.0693. The first kappa shape index (κ1) is 18.4. The molecule has 0 saturated heterocycles. The van der Waals surface area contributed by atoms with Crippen LogP contribution in [0, 0.1) is 0 Å². The molecule has 0 radical (unpaired) electrons. The van der Waals surface area contributed by atoms with Gasteiger partial charge in [0.2, 0.25) is 0 Å². The highest BCUT2D eigenvalue weighted by molar-refractivity contribution is 5.63. The van der Waals surface area contributed by atoms with Crippen molar-refractivity contribution in [3.05, 3.63) is 59.7 Å². The number of halogens is 6. The lowest BCUT2D eigenvalue weighted by molar-refractivity contribution is -0.134. The second kappa shape index (κ2) is 7.28. The first-order valence-electron chi connectivity index (χ1n) is 7.44. The molecule has 0 saturated carbocycles. The maximum Gasteiger partial charge on any atom is 0.389 e. The normalized spacial score (nSPS) is 12.4. The van der Waals surface area contributed by atoms with Gasteiger partial charge >= 0.3 is 12.4 Å². The van der Waals surface area contributed by atoms with E-state index in [0.717, 1.165) is 11.1 Å². The lowest BCUT2D eigenvalue weighted by Gasteiger charge is -2.09. The molecule has 0 aliphatic rings. The van der Waals surface area contributed by atoms with E-state index in [4.69, 9.17) is 0 Å². The molecule has 2 aromatic carbocycles. The van der Waals surface area contributed by atoms with Crippen LogP contribution in [-0.2, 0) is 12.8 Å². The summed E-state index contributed by atoms with van der Waals surface area (Å²) in [5.74, 6) is 0. The van der Waals surface area contributed by atoms with E-state index in [1.54, 1.807) is 48.5 Å². The fourth-order valence-corrected chi connectivity index (χ4v) is 2.30. The van der Waals surface area contributed by atoms with Crippen LogP contribution >= 0.6 is 0 Å². The minimum Gasteiger partial charge on any atom is -0.171 e. The van der Waals surface area contributed by atoms with Crippen LogP contribution in [0.2, 0.25) is 0 Å². The van der Waals surface area contributed by atoms with E-state index in [9.17, 15) is 26.3 Å². The van der Waals surface area contributed by atoms with E-state index >= 15 is 0 Å². The Hall–Kier alpha value is -1.98. The van der Waals surface area contributed by atoms with Gasteiger partial charge in [-0.05, 0) is 35.1 Å². The molecule has 0 N–H and O–H groups in total. The van der Waals surface area contributed by atoms with Crippen molar-refractivity contribution in [2.24, 2.45) is 0 Å². The third-order valence-electron chi connectivity index (χ3n) is 3.64. The highest BCUT2D eigenvalue weighted by Gasteiger charge is 2.27. The van der Waals surface area contributed by atoms with Gasteiger partial charge in [0.05, 0.1) is 0 Å². The number of hydrogen-bond donors (Lipinski definition) is 0. The van der Waals surface area contributed by atoms with Crippen molar-refractivity contribution in [1.29, 1.82) is 0 Å². The van der Waals surface area contributed by atoms with Crippen molar-refractivity contribution in [3.63, 3.8) is 0 Å². The van der Waals surface area contributed by atoms with Crippen molar-refractivity contribution < 1.29 is 26.3 Å². The molecule has 0 amide bonds. The zero-order valence-electron chi connectivity index (χ0n) is 12.7.